The maximum atomic E-state index is 12.2. The Labute approximate surface area is 110 Å². The molecule has 0 aliphatic carbocycles. The molecule has 100 valence electrons. The largest absolute Gasteiger partial charge is 0.433 e. The molecule has 0 radical (unpaired) electrons. The molecule has 3 nitrogen and oxygen atoms in total. The Morgan fingerprint density at radius 2 is 1.89 bits per heavy atom. The van der Waals surface area contributed by atoms with Gasteiger partial charge in [-0.15, -0.1) is 0 Å². The van der Waals surface area contributed by atoms with Gasteiger partial charge in [-0.3, -0.25) is 4.98 Å². The van der Waals surface area contributed by atoms with Crippen LogP contribution in [0.3, 0.4) is 0 Å². The molecule has 0 saturated heterocycles. The molecule has 0 fully saturated rings. The third-order valence-corrected chi connectivity index (χ3v) is 2.53. The summed E-state index contributed by atoms with van der Waals surface area (Å²) in [6, 6.07) is 12.3. The topological polar surface area (TPSA) is 34.1 Å². The molecule has 0 atom stereocenters. The number of ether oxygens (including phenoxy) is 1. The smallest absolute Gasteiger partial charge is 0.387 e. The van der Waals surface area contributed by atoms with E-state index < -0.39 is 6.61 Å². The Bertz CT molecular complexity index is 506. The number of aromatic nitrogens is 1. The van der Waals surface area contributed by atoms with Crippen molar-refractivity contribution in [2.75, 3.05) is 11.9 Å². The molecular formula is C14H14F2N2O. The summed E-state index contributed by atoms with van der Waals surface area (Å²) in [7, 11) is 0. The van der Waals surface area contributed by atoms with Gasteiger partial charge in [-0.2, -0.15) is 8.78 Å². The van der Waals surface area contributed by atoms with Crippen LogP contribution in [0.25, 0.3) is 0 Å². The summed E-state index contributed by atoms with van der Waals surface area (Å²) in [5.41, 5.74) is 1.50. The van der Waals surface area contributed by atoms with Crippen LogP contribution in [0.1, 0.15) is 5.69 Å². The van der Waals surface area contributed by atoms with E-state index in [9.17, 15) is 8.78 Å². The van der Waals surface area contributed by atoms with Gasteiger partial charge in [0, 0.05) is 24.9 Å². The van der Waals surface area contributed by atoms with E-state index >= 15 is 0 Å². The first kappa shape index (κ1) is 13.3. The van der Waals surface area contributed by atoms with Crippen LogP contribution >= 0.6 is 0 Å². The number of nitrogens with zero attached hydrogens (tertiary/aromatic N) is 1. The molecule has 2 aromatic rings. The van der Waals surface area contributed by atoms with Gasteiger partial charge in [-0.25, -0.2) is 0 Å². The average molecular weight is 264 g/mol. The third-order valence-electron chi connectivity index (χ3n) is 2.53. The summed E-state index contributed by atoms with van der Waals surface area (Å²) in [4.78, 5) is 4.19. The number of alkyl halides is 2. The van der Waals surface area contributed by atoms with Crippen molar-refractivity contribution in [3.63, 3.8) is 0 Å². The molecule has 0 spiro atoms. The summed E-state index contributed by atoms with van der Waals surface area (Å²) in [6.45, 7) is -2.22. The fraction of sp³-hybridized carbons (Fsp3) is 0.214. The van der Waals surface area contributed by atoms with Crippen LogP contribution in [0.2, 0.25) is 0 Å². The maximum absolute atomic E-state index is 12.2. The Kier molecular flexibility index (Phi) is 4.66. The molecule has 0 aliphatic heterocycles. The summed E-state index contributed by atoms with van der Waals surface area (Å²) < 4.78 is 28.9. The first-order chi connectivity index (χ1) is 9.25. The van der Waals surface area contributed by atoms with E-state index in [-0.39, 0.29) is 5.75 Å². The molecule has 19 heavy (non-hydrogen) atoms. The lowest BCUT2D eigenvalue weighted by Gasteiger charge is -2.12. The zero-order valence-corrected chi connectivity index (χ0v) is 10.2. The van der Waals surface area contributed by atoms with Gasteiger partial charge in [0.2, 0.25) is 0 Å². The fourth-order valence-electron chi connectivity index (χ4n) is 1.68. The van der Waals surface area contributed by atoms with Crippen molar-refractivity contribution in [2.45, 2.75) is 13.0 Å². The number of hydrogen-bond donors (Lipinski definition) is 1. The first-order valence-electron chi connectivity index (χ1n) is 5.93. The van der Waals surface area contributed by atoms with Crippen molar-refractivity contribution >= 4 is 5.69 Å². The highest BCUT2D eigenvalue weighted by Gasteiger charge is 2.08. The van der Waals surface area contributed by atoms with Crippen LogP contribution in [0.5, 0.6) is 5.75 Å². The number of hydrogen-bond acceptors (Lipinski definition) is 3. The van der Waals surface area contributed by atoms with Gasteiger partial charge < -0.3 is 10.1 Å². The second-order valence-electron chi connectivity index (χ2n) is 3.87. The van der Waals surface area contributed by atoms with Crippen molar-refractivity contribution < 1.29 is 13.5 Å². The number of pyridine rings is 1. The summed E-state index contributed by atoms with van der Waals surface area (Å²) in [5.74, 6) is 0.151. The van der Waals surface area contributed by atoms with E-state index in [0.29, 0.717) is 18.7 Å². The van der Waals surface area contributed by atoms with E-state index in [1.165, 1.54) is 6.07 Å². The Hall–Kier alpha value is -2.17. The standard InChI is InChI=1S/C14H14F2N2O/c15-14(16)19-13-7-2-1-6-12(13)18-10-8-11-5-3-4-9-17-11/h1-7,9,14,18H,8,10H2. The molecule has 0 saturated carbocycles. The lowest BCUT2D eigenvalue weighted by atomic mass is 10.2. The number of benzene rings is 1. The normalized spacial score (nSPS) is 10.5. The van der Waals surface area contributed by atoms with E-state index in [4.69, 9.17) is 0 Å². The minimum absolute atomic E-state index is 0.151. The Morgan fingerprint density at radius 1 is 1.11 bits per heavy atom. The van der Waals surface area contributed by atoms with Crippen molar-refractivity contribution in [3.8, 4) is 5.75 Å². The predicted octanol–water partition coefficient (Wildman–Crippen LogP) is 3.34. The van der Waals surface area contributed by atoms with Gasteiger partial charge in [-0.1, -0.05) is 18.2 Å². The molecule has 5 heteroatoms. The molecule has 1 aromatic heterocycles. The number of anilines is 1. The highest BCUT2D eigenvalue weighted by Crippen LogP contribution is 2.25. The zero-order chi connectivity index (χ0) is 13.5. The van der Waals surface area contributed by atoms with Gasteiger partial charge in [0.1, 0.15) is 5.75 Å². The molecule has 0 unspecified atom stereocenters. The molecule has 0 bridgehead atoms. The van der Waals surface area contributed by atoms with Crippen LogP contribution in [-0.2, 0) is 6.42 Å². The second-order valence-corrected chi connectivity index (χ2v) is 3.87. The van der Waals surface area contributed by atoms with E-state index in [1.807, 2.05) is 18.2 Å². The first-order valence-corrected chi connectivity index (χ1v) is 5.93. The number of rotatable bonds is 6. The molecular weight excluding hydrogens is 250 g/mol. The minimum atomic E-state index is -2.82. The van der Waals surface area contributed by atoms with E-state index in [1.54, 1.807) is 24.4 Å². The number of halogens is 2. The minimum Gasteiger partial charge on any atom is -0.433 e. The molecule has 1 N–H and O–H groups in total. The average Bonchev–Trinajstić information content (AvgIpc) is 2.41. The molecule has 0 aliphatic rings. The highest BCUT2D eigenvalue weighted by atomic mass is 19.3. The van der Waals surface area contributed by atoms with Gasteiger partial charge >= 0.3 is 6.61 Å². The van der Waals surface area contributed by atoms with Crippen molar-refractivity contribution in [2.24, 2.45) is 0 Å². The summed E-state index contributed by atoms with van der Waals surface area (Å²) in [5, 5.41) is 3.07. The zero-order valence-electron chi connectivity index (χ0n) is 10.2. The SMILES string of the molecule is FC(F)Oc1ccccc1NCCc1ccccn1. The second kappa shape index (κ2) is 6.68. The summed E-state index contributed by atoms with van der Waals surface area (Å²) in [6.07, 6.45) is 2.44. The number of para-hydroxylation sites is 2. The lowest BCUT2D eigenvalue weighted by molar-refractivity contribution is -0.0493. The number of nitrogens with one attached hydrogen (secondary N) is 1. The quantitative estimate of drug-likeness (QED) is 0.869. The van der Waals surface area contributed by atoms with Crippen LogP contribution in [-0.4, -0.2) is 18.1 Å². The molecule has 1 heterocycles. The van der Waals surface area contributed by atoms with Gasteiger partial charge in [0.25, 0.3) is 0 Å². The van der Waals surface area contributed by atoms with Crippen LogP contribution in [0, 0.1) is 0 Å². The maximum Gasteiger partial charge on any atom is 0.387 e. The van der Waals surface area contributed by atoms with Crippen molar-refractivity contribution in [1.82, 2.24) is 4.98 Å². The third kappa shape index (κ3) is 4.21. The molecule has 2 rings (SSSR count). The van der Waals surface area contributed by atoms with Crippen molar-refractivity contribution in [1.29, 1.82) is 0 Å². The van der Waals surface area contributed by atoms with Gasteiger partial charge in [0.15, 0.2) is 0 Å². The van der Waals surface area contributed by atoms with Crippen LogP contribution < -0.4 is 10.1 Å². The monoisotopic (exact) mass is 264 g/mol. The van der Waals surface area contributed by atoms with Crippen LogP contribution in [0.15, 0.2) is 48.7 Å². The Balaban J connectivity index is 1.92. The van der Waals surface area contributed by atoms with Gasteiger partial charge in [-0.05, 0) is 24.3 Å². The van der Waals surface area contributed by atoms with Crippen molar-refractivity contribution in [3.05, 3.63) is 54.4 Å². The fourth-order valence-corrected chi connectivity index (χ4v) is 1.68. The summed E-state index contributed by atoms with van der Waals surface area (Å²) >= 11 is 0. The lowest BCUT2D eigenvalue weighted by Crippen LogP contribution is -2.09. The van der Waals surface area contributed by atoms with E-state index in [2.05, 4.69) is 15.0 Å². The van der Waals surface area contributed by atoms with Crippen LogP contribution in [0.4, 0.5) is 14.5 Å². The Morgan fingerprint density at radius 3 is 2.63 bits per heavy atom. The molecule has 0 amide bonds. The highest BCUT2D eigenvalue weighted by molar-refractivity contribution is 5.56. The predicted molar refractivity (Wildman–Crippen MR) is 69.5 cm³/mol. The van der Waals surface area contributed by atoms with E-state index in [0.717, 1.165) is 5.69 Å². The van der Waals surface area contributed by atoms with Gasteiger partial charge in [0.05, 0.1) is 5.69 Å². The molecule has 1 aromatic carbocycles.